The third-order valence-corrected chi connectivity index (χ3v) is 33.7. The Bertz CT molecular complexity index is 811. The summed E-state index contributed by atoms with van der Waals surface area (Å²) in [5.74, 6) is 0. The molecule has 0 atom stereocenters. The Labute approximate surface area is 333 Å². The van der Waals surface area contributed by atoms with E-state index in [-0.39, 0.29) is 0 Å². The van der Waals surface area contributed by atoms with E-state index in [0.717, 1.165) is 0 Å². The number of hydrogen-bond donors (Lipinski definition) is 0. The molecule has 55 heavy (non-hydrogen) atoms. The minimum absolute atomic E-state index is 1.24. The van der Waals surface area contributed by atoms with Crippen LogP contribution in [-0.4, -0.2) is 209 Å². The molecule has 0 aliphatic heterocycles. The second-order valence-electron chi connectivity index (χ2n) is 9.89. The minimum atomic E-state index is -5.27. The van der Waals surface area contributed by atoms with E-state index in [0.29, 0.717) is 0 Å². The first-order valence-electron chi connectivity index (χ1n) is 15.3. The molecule has 0 unspecified atom stereocenters. The molecule has 0 heterocycles. The lowest BCUT2D eigenvalue weighted by molar-refractivity contribution is -0.0598. The molecule has 0 aromatic rings. The number of hydrogen-bond acceptors (Lipinski definition) is 26. The van der Waals surface area contributed by atoms with Gasteiger partial charge in [-0.05, 0) is 13.1 Å². The van der Waals surface area contributed by atoms with Crippen LogP contribution in [0.5, 0.6) is 0 Å². The lowest BCUT2D eigenvalue weighted by Crippen LogP contribution is -2.75. The lowest BCUT2D eigenvalue weighted by Gasteiger charge is -2.45. The maximum atomic E-state index is 6.76. The predicted octanol–water partition coefficient (Wildman–Crippen LogP) is -1.06. The van der Waals surface area contributed by atoms with Crippen molar-refractivity contribution >= 4 is 80.9 Å². The molecule has 26 nitrogen and oxygen atoms in total. The Balaban J connectivity index is 8.51. The van der Waals surface area contributed by atoms with Gasteiger partial charge in [0, 0.05) is 128 Å². The zero-order valence-corrected chi connectivity index (χ0v) is 44.1. The summed E-state index contributed by atoms with van der Waals surface area (Å²) >= 11 is 0. The summed E-state index contributed by atoms with van der Waals surface area (Å²) in [5, 5.41) is 0. The molecule has 0 N–H and O–H groups in total. The van der Waals surface area contributed by atoms with E-state index in [1.54, 1.807) is 0 Å². The third kappa shape index (κ3) is 14.5. The van der Waals surface area contributed by atoms with Crippen LogP contribution in [0, 0.1) is 0 Å². The minimum Gasteiger partial charge on any atom is -0.372 e. The molecule has 0 spiro atoms. The van der Waals surface area contributed by atoms with Crippen molar-refractivity contribution in [3.63, 3.8) is 0 Å². The molecular formula is C20H60O26Si9. The van der Waals surface area contributed by atoms with E-state index >= 15 is 0 Å². The molecule has 0 aromatic heterocycles. The highest BCUT2D eigenvalue weighted by Crippen LogP contribution is 2.36. The standard InChI is InChI=1S/C20H60O26Si9/c1-21-48(22-2,23-3)41-54(42-49(24-4,25-5)26-6,43-50(27-7,28-8)29-9)39-47(19,20)40-55(44-51(30-10,31-11)32-12,45-52(33-13,34-14)35-15)46-53(36-16,37-17)38-18/h1-20H3. The van der Waals surface area contributed by atoms with Crippen LogP contribution in [0.15, 0.2) is 0 Å². The number of rotatable bonds is 34. The van der Waals surface area contributed by atoms with E-state index in [4.69, 9.17) is 113 Å². The Morgan fingerprint density at radius 2 is 0.273 bits per heavy atom. The van der Waals surface area contributed by atoms with Gasteiger partial charge in [0.1, 0.15) is 0 Å². The summed E-state index contributed by atoms with van der Waals surface area (Å²) in [7, 11) is -18.5. The van der Waals surface area contributed by atoms with E-state index in [2.05, 4.69) is 0 Å². The molecule has 0 aromatic carbocycles. The normalized spacial score (nSPS) is 14.6. The van der Waals surface area contributed by atoms with Crippen molar-refractivity contribution in [1.29, 1.82) is 0 Å². The fourth-order valence-electron chi connectivity index (χ4n) is 4.04. The van der Waals surface area contributed by atoms with Crippen molar-refractivity contribution in [3.05, 3.63) is 0 Å². The summed E-state index contributed by atoms with van der Waals surface area (Å²) in [6, 6.07) is 0. The van der Waals surface area contributed by atoms with Gasteiger partial charge < -0.3 is 113 Å². The van der Waals surface area contributed by atoms with Crippen LogP contribution in [0.2, 0.25) is 13.1 Å². The van der Waals surface area contributed by atoms with Gasteiger partial charge in [0.15, 0.2) is 0 Å². The van der Waals surface area contributed by atoms with Gasteiger partial charge in [-0.25, -0.2) is 0 Å². The van der Waals surface area contributed by atoms with Crippen LogP contribution in [-0.2, 0) is 113 Å². The van der Waals surface area contributed by atoms with Crippen LogP contribution in [0.4, 0.5) is 0 Å². The maximum absolute atomic E-state index is 6.76. The molecule has 0 aliphatic carbocycles. The average Bonchev–Trinajstić information content (AvgIpc) is 3.21. The summed E-state index contributed by atoms with van der Waals surface area (Å²) in [6.45, 7) is 2.93. The van der Waals surface area contributed by atoms with Gasteiger partial charge in [-0.3, -0.25) is 0 Å². The molecule has 0 saturated heterocycles. The fraction of sp³-hybridized carbons (Fsp3) is 1.00. The highest BCUT2D eigenvalue weighted by atomic mass is 28.6. The van der Waals surface area contributed by atoms with Crippen molar-refractivity contribution in [1.82, 2.24) is 0 Å². The molecule has 0 bridgehead atoms. The van der Waals surface area contributed by atoms with E-state index in [1.165, 1.54) is 141 Å². The van der Waals surface area contributed by atoms with Crippen molar-refractivity contribution in [2.45, 2.75) is 13.1 Å². The molecular weight excluding hydrogens is 909 g/mol. The molecule has 0 fully saturated rings. The molecule has 0 amide bonds. The molecule has 0 aliphatic rings. The molecule has 0 rings (SSSR count). The van der Waals surface area contributed by atoms with E-state index in [1.807, 2.05) is 0 Å². The van der Waals surface area contributed by atoms with Crippen LogP contribution in [0.3, 0.4) is 0 Å². The van der Waals surface area contributed by atoms with E-state index in [9.17, 15) is 0 Å². The van der Waals surface area contributed by atoms with Crippen LogP contribution >= 0.6 is 0 Å². The molecule has 35 heteroatoms. The van der Waals surface area contributed by atoms with Crippen LogP contribution in [0.1, 0.15) is 0 Å². The smallest absolute Gasteiger partial charge is 0.372 e. The SMILES string of the molecule is CO[Si](OC)(OC)O[Si](O[Si](C)(C)O[Si](O[Si](OC)(OC)OC)(O[Si](OC)(OC)OC)O[Si](OC)(OC)OC)(O[Si](OC)(OC)OC)O[Si](OC)(OC)OC. The van der Waals surface area contributed by atoms with Crippen molar-refractivity contribution in [2.75, 3.05) is 128 Å². The zero-order chi connectivity index (χ0) is 42.9. The van der Waals surface area contributed by atoms with Gasteiger partial charge in [0.2, 0.25) is 0 Å². The average molecular weight is 969 g/mol. The predicted molar refractivity (Wildman–Crippen MR) is 198 cm³/mol. The zero-order valence-electron chi connectivity index (χ0n) is 35.1. The maximum Gasteiger partial charge on any atom is 0.673 e. The Morgan fingerprint density at radius 3 is 0.364 bits per heavy atom. The van der Waals surface area contributed by atoms with E-state index < -0.39 is 80.9 Å². The fourth-order valence-corrected chi connectivity index (χ4v) is 32.2. The van der Waals surface area contributed by atoms with Crippen molar-refractivity contribution < 1.29 is 113 Å². The second-order valence-corrected chi connectivity index (χ2v) is 34.6. The van der Waals surface area contributed by atoms with Crippen LogP contribution in [0.25, 0.3) is 0 Å². The van der Waals surface area contributed by atoms with Crippen LogP contribution < -0.4 is 0 Å². The Hall–Kier alpha value is 0.912. The first kappa shape index (κ1) is 55.9. The quantitative estimate of drug-likeness (QED) is 0.0699. The highest BCUT2D eigenvalue weighted by Gasteiger charge is 2.74. The summed E-state index contributed by atoms with van der Waals surface area (Å²) in [6.07, 6.45) is 0. The monoisotopic (exact) mass is 968 g/mol. The molecule has 0 radical (unpaired) electrons. The lowest BCUT2D eigenvalue weighted by atomic mass is 11.8. The molecule has 332 valence electrons. The van der Waals surface area contributed by atoms with Gasteiger partial charge >= 0.3 is 80.9 Å². The van der Waals surface area contributed by atoms with Gasteiger partial charge in [-0.1, -0.05) is 0 Å². The van der Waals surface area contributed by atoms with Gasteiger partial charge in [0.05, 0.1) is 0 Å². The topological polar surface area (TPSA) is 240 Å². The first-order chi connectivity index (χ1) is 25.7. The Kier molecular flexibility index (Phi) is 24.8. The summed E-state index contributed by atoms with van der Waals surface area (Å²) < 4.78 is 153. The van der Waals surface area contributed by atoms with Crippen molar-refractivity contribution in [3.8, 4) is 0 Å². The third-order valence-electron chi connectivity index (χ3n) is 6.74. The van der Waals surface area contributed by atoms with Gasteiger partial charge in [0.25, 0.3) is 0 Å². The summed E-state index contributed by atoms with van der Waals surface area (Å²) in [5.41, 5.74) is 0. The molecule has 0 saturated carbocycles. The second kappa shape index (κ2) is 24.4. The van der Waals surface area contributed by atoms with Gasteiger partial charge in [-0.2, -0.15) is 0 Å². The Morgan fingerprint density at radius 1 is 0.164 bits per heavy atom. The largest absolute Gasteiger partial charge is 0.673 e. The first-order valence-corrected chi connectivity index (χ1v) is 31.2. The highest BCUT2D eigenvalue weighted by molar-refractivity contribution is 6.89. The van der Waals surface area contributed by atoms with Crippen molar-refractivity contribution in [2.24, 2.45) is 0 Å². The van der Waals surface area contributed by atoms with Gasteiger partial charge in [-0.15, -0.1) is 0 Å². The summed E-state index contributed by atoms with van der Waals surface area (Å²) in [4.78, 5) is 0.